The predicted molar refractivity (Wildman–Crippen MR) is 110 cm³/mol. The summed E-state index contributed by atoms with van der Waals surface area (Å²) < 4.78 is 5.89. The number of nitrogen functional groups attached to an aromatic ring is 1. The lowest BCUT2D eigenvalue weighted by Gasteiger charge is -2.20. The number of aromatic nitrogens is 1. The van der Waals surface area contributed by atoms with E-state index in [1.807, 2.05) is 61.7 Å². The van der Waals surface area contributed by atoms with Gasteiger partial charge in [0.15, 0.2) is 0 Å². The molecule has 0 bridgehead atoms. The molecule has 1 aromatic heterocycles. The Hall–Kier alpha value is -2.56. The molecular weight excluding hydrogens is 360 g/mol. The number of nitrogens with zero attached hydrogens (tertiary/aromatic N) is 1. The zero-order valence-electron chi connectivity index (χ0n) is 15.2. The molecule has 140 valence electrons. The van der Waals surface area contributed by atoms with E-state index in [4.69, 9.17) is 22.1 Å². The lowest BCUT2D eigenvalue weighted by molar-refractivity contribution is 0.0420. The Morgan fingerprint density at radius 2 is 1.93 bits per heavy atom. The molecule has 3 aromatic rings. The molecule has 0 aliphatic heterocycles. The van der Waals surface area contributed by atoms with Crippen LogP contribution in [0.15, 0.2) is 67.0 Å². The average Bonchev–Trinajstić information content (AvgIpc) is 2.68. The number of hydrogen-bond acceptors (Lipinski definition) is 4. The number of anilines is 1. The van der Waals surface area contributed by atoms with E-state index in [2.05, 4.69) is 4.98 Å². The van der Waals surface area contributed by atoms with Crippen molar-refractivity contribution in [3.8, 4) is 16.9 Å². The second-order valence-electron chi connectivity index (χ2n) is 6.55. The van der Waals surface area contributed by atoms with Gasteiger partial charge in [-0.1, -0.05) is 35.9 Å². The maximum atomic E-state index is 10.4. The quantitative estimate of drug-likeness (QED) is 0.579. The molecule has 0 radical (unpaired) electrons. The van der Waals surface area contributed by atoms with Gasteiger partial charge in [0, 0.05) is 23.6 Å². The maximum Gasteiger partial charge on any atom is 0.122 e. The normalized spacial score (nSPS) is 13.1. The van der Waals surface area contributed by atoms with Gasteiger partial charge in [0.1, 0.15) is 11.9 Å². The summed E-state index contributed by atoms with van der Waals surface area (Å²) in [6.07, 6.45) is 4.07. The van der Waals surface area contributed by atoms with E-state index in [1.165, 1.54) is 0 Å². The van der Waals surface area contributed by atoms with E-state index in [9.17, 15) is 5.11 Å². The van der Waals surface area contributed by atoms with E-state index in [1.54, 1.807) is 12.3 Å². The molecule has 0 fully saturated rings. The van der Waals surface area contributed by atoms with Gasteiger partial charge in [0.05, 0.1) is 11.1 Å². The largest absolute Gasteiger partial charge is 0.488 e. The lowest BCUT2D eigenvalue weighted by atomic mass is 10.0. The number of pyridine rings is 1. The topological polar surface area (TPSA) is 68.4 Å². The molecule has 1 heterocycles. The van der Waals surface area contributed by atoms with Crippen LogP contribution in [0.4, 0.5) is 5.69 Å². The third-order valence-corrected chi connectivity index (χ3v) is 4.79. The van der Waals surface area contributed by atoms with Crippen LogP contribution in [0.5, 0.6) is 5.75 Å². The smallest absolute Gasteiger partial charge is 0.122 e. The zero-order valence-corrected chi connectivity index (χ0v) is 15.9. The molecule has 3 N–H and O–H groups in total. The number of rotatable bonds is 7. The van der Waals surface area contributed by atoms with E-state index in [0.29, 0.717) is 22.9 Å². The molecule has 0 saturated heterocycles. The van der Waals surface area contributed by atoms with Crippen molar-refractivity contribution in [1.82, 2.24) is 4.98 Å². The molecule has 0 unspecified atom stereocenters. The second kappa shape index (κ2) is 8.89. The van der Waals surface area contributed by atoms with Gasteiger partial charge in [0.2, 0.25) is 0 Å². The fourth-order valence-corrected chi connectivity index (χ4v) is 3.17. The van der Waals surface area contributed by atoms with Crippen LogP contribution in [0.2, 0.25) is 5.02 Å². The fourth-order valence-electron chi connectivity index (χ4n) is 2.87. The van der Waals surface area contributed by atoms with Gasteiger partial charge in [-0.15, -0.1) is 0 Å². The molecule has 2 aromatic carbocycles. The van der Waals surface area contributed by atoms with Gasteiger partial charge in [-0.3, -0.25) is 4.98 Å². The number of aliphatic hydroxyl groups excluding tert-OH is 1. The van der Waals surface area contributed by atoms with Crippen molar-refractivity contribution < 1.29 is 9.84 Å². The molecular formula is C22H23ClN2O2. The van der Waals surface area contributed by atoms with Crippen LogP contribution in [0.25, 0.3) is 11.1 Å². The van der Waals surface area contributed by atoms with Crippen LogP contribution >= 0.6 is 11.6 Å². The standard InChI is InChI=1S/C22H23ClN2O2/c1-15(22(26)11-4-16-3-2-12-25-14-16)27-19-8-5-17(6-9-19)20-10-7-18(24)13-21(20)23/h2-3,5-10,12-15,22,26H,4,11,24H2,1H3/t15-,22+/m0/s1. The minimum Gasteiger partial charge on any atom is -0.488 e. The molecule has 0 saturated carbocycles. The van der Waals surface area contributed by atoms with Gasteiger partial charge >= 0.3 is 0 Å². The highest BCUT2D eigenvalue weighted by Gasteiger charge is 2.16. The Morgan fingerprint density at radius 3 is 2.59 bits per heavy atom. The molecule has 0 spiro atoms. The van der Waals surface area contributed by atoms with Crippen molar-refractivity contribution in [2.75, 3.05) is 5.73 Å². The Balaban J connectivity index is 1.58. The van der Waals surface area contributed by atoms with Gasteiger partial charge in [-0.2, -0.15) is 0 Å². The summed E-state index contributed by atoms with van der Waals surface area (Å²) in [7, 11) is 0. The van der Waals surface area contributed by atoms with Gasteiger partial charge in [-0.25, -0.2) is 0 Å². The van der Waals surface area contributed by atoms with Crippen molar-refractivity contribution in [3.05, 3.63) is 77.6 Å². The molecule has 5 heteroatoms. The number of benzene rings is 2. The van der Waals surface area contributed by atoms with Crippen LogP contribution in [-0.2, 0) is 6.42 Å². The molecule has 0 aliphatic rings. The number of halogens is 1. The molecule has 2 atom stereocenters. The van der Waals surface area contributed by atoms with E-state index in [-0.39, 0.29) is 6.10 Å². The molecule has 4 nitrogen and oxygen atoms in total. The molecule has 3 rings (SSSR count). The van der Waals surface area contributed by atoms with E-state index >= 15 is 0 Å². The first kappa shape index (κ1) is 19.2. The Labute approximate surface area is 164 Å². The summed E-state index contributed by atoms with van der Waals surface area (Å²) >= 11 is 6.27. The van der Waals surface area contributed by atoms with Crippen molar-refractivity contribution in [2.24, 2.45) is 0 Å². The van der Waals surface area contributed by atoms with Crippen molar-refractivity contribution in [2.45, 2.75) is 32.0 Å². The SMILES string of the molecule is C[C@H](Oc1ccc(-c2ccc(N)cc2Cl)cc1)[C@H](O)CCc1cccnc1. The Bertz CT molecular complexity index is 869. The van der Waals surface area contributed by atoms with Crippen LogP contribution in [0, 0.1) is 0 Å². The number of nitrogens with two attached hydrogens (primary N) is 1. The highest BCUT2D eigenvalue weighted by molar-refractivity contribution is 6.33. The minimum atomic E-state index is -0.559. The predicted octanol–water partition coefficient (Wildman–Crippen LogP) is 4.75. The Kier molecular flexibility index (Phi) is 6.32. The lowest BCUT2D eigenvalue weighted by Crippen LogP contribution is -2.29. The van der Waals surface area contributed by atoms with Gasteiger partial charge in [0.25, 0.3) is 0 Å². The highest BCUT2D eigenvalue weighted by atomic mass is 35.5. The number of hydrogen-bond donors (Lipinski definition) is 2. The number of ether oxygens (including phenoxy) is 1. The summed E-state index contributed by atoms with van der Waals surface area (Å²) in [6, 6.07) is 17.0. The summed E-state index contributed by atoms with van der Waals surface area (Å²) in [5.74, 6) is 0.707. The van der Waals surface area contributed by atoms with Gasteiger partial charge in [-0.05, 0) is 61.2 Å². The van der Waals surface area contributed by atoms with Gasteiger partial charge < -0.3 is 15.6 Å². The first-order valence-corrected chi connectivity index (χ1v) is 9.30. The molecule has 0 aliphatic carbocycles. The van der Waals surface area contributed by atoms with Crippen LogP contribution in [0.3, 0.4) is 0 Å². The average molecular weight is 383 g/mol. The van der Waals surface area contributed by atoms with E-state index in [0.717, 1.165) is 23.1 Å². The molecule has 27 heavy (non-hydrogen) atoms. The number of aryl methyl sites for hydroxylation is 1. The monoisotopic (exact) mass is 382 g/mol. The zero-order chi connectivity index (χ0) is 19.2. The van der Waals surface area contributed by atoms with Crippen LogP contribution in [0.1, 0.15) is 18.9 Å². The first-order valence-electron chi connectivity index (χ1n) is 8.92. The first-order chi connectivity index (χ1) is 13.0. The van der Waals surface area contributed by atoms with Crippen molar-refractivity contribution in [3.63, 3.8) is 0 Å². The van der Waals surface area contributed by atoms with Crippen LogP contribution in [-0.4, -0.2) is 22.3 Å². The maximum absolute atomic E-state index is 10.4. The summed E-state index contributed by atoms with van der Waals surface area (Å²) in [6.45, 7) is 1.87. The number of aliphatic hydroxyl groups is 1. The fraction of sp³-hybridized carbons (Fsp3) is 0.227. The summed E-state index contributed by atoms with van der Waals surface area (Å²) in [5.41, 5.74) is 9.39. The summed E-state index contributed by atoms with van der Waals surface area (Å²) in [5, 5.41) is 11.0. The third-order valence-electron chi connectivity index (χ3n) is 4.47. The second-order valence-corrected chi connectivity index (χ2v) is 6.96. The minimum absolute atomic E-state index is 0.312. The van der Waals surface area contributed by atoms with E-state index < -0.39 is 6.10 Å². The highest BCUT2D eigenvalue weighted by Crippen LogP contribution is 2.31. The third kappa shape index (κ3) is 5.22. The Morgan fingerprint density at radius 1 is 1.15 bits per heavy atom. The molecule has 0 amide bonds. The van der Waals surface area contributed by atoms with Crippen LogP contribution < -0.4 is 10.5 Å². The van der Waals surface area contributed by atoms with Crippen molar-refractivity contribution >= 4 is 17.3 Å². The van der Waals surface area contributed by atoms with Crippen molar-refractivity contribution in [1.29, 1.82) is 0 Å². The summed E-state index contributed by atoms with van der Waals surface area (Å²) in [4.78, 5) is 4.09.